The van der Waals surface area contributed by atoms with E-state index in [9.17, 15) is 4.79 Å². The maximum absolute atomic E-state index is 10.6. The molecule has 3 N–H and O–H groups in total. The van der Waals surface area contributed by atoms with Crippen molar-refractivity contribution >= 4 is 23.3 Å². The van der Waals surface area contributed by atoms with E-state index in [1.165, 1.54) is 6.07 Å². The number of hydrogen-bond donors (Lipinski definition) is 2. The Bertz CT molecular complexity index is 325. The lowest BCUT2D eigenvalue weighted by molar-refractivity contribution is 0.0698. The number of halogens is 1. The summed E-state index contributed by atoms with van der Waals surface area (Å²) in [4.78, 5) is 10.6. The van der Waals surface area contributed by atoms with E-state index in [-0.39, 0.29) is 11.3 Å². The van der Waals surface area contributed by atoms with Gasteiger partial charge in [0.2, 0.25) is 0 Å². The van der Waals surface area contributed by atoms with Gasteiger partial charge in [-0.2, -0.15) is 0 Å². The van der Waals surface area contributed by atoms with Gasteiger partial charge in [-0.15, -0.1) is 11.6 Å². The molecule has 0 aliphatic rings. The number of hydrogen-bond acceptors (Lipinski definition) is 2. The Morgan fingerprint density at radius 2 is 2.23 bits per heavy atom. The molecular formula is C9H10ClNO2. The summed E-state index contributed by atoms with van der Waals surface area (Å²) < 4.78 is 0. The second kappa shape index (κ2) is 4.14. The highest BCUT2D eigenvalue weighted by Gasteiger charge is 2.07. The zero-order valence-corrected chi connectivity index (χ0v) is 7.71. The summed E-state index contributed by atoms with van der Waals surface area (Å²) >= 11 is 5.53. The first-order chi connectivity index (χ1) is 6.15. The van der Waals surface area contributed by atoms with Crippen LogP contribution in [0.5, 0.6) is 0 Å². The topological polar surface area (TPSA) is 63.3 Å². The van der Waals surface area contributed by atoms with Gasteiger partial charge in [0.1, 0.15) is 0 Å². The molecule has 70 valence electrons. The molecular weight excluding hydrogens is 190 g/mol. The molecule has 1 rings (SSSR count). The van der Waals surface area contributed by atoms with E-state index in [1.807, 2.05) is 0 Å². The number of carbonyl (C=O) groups is 1. The van der Waals surface area contributed by atoms with Crippen molar-refractivity contribution in [1.29, 1.82) is 0 Å². The fourth-order valence-corrected chi connectivity index (χ4v) is 1.29. The van der Waals surface area contributed by atoms with Crippen LogP contribution in [0.2, 0.25) is 0 Å². The average molecular weight is 200 g/mol. The van der Waals surface area contributed by atoms with Gasteiger partial charge in [0.25, 0.3) is 0 Å². The van der Waals surface area contributed by atoms with Crippen LogP contribution in [-0.2, 0) is 6.42 Å². The highest BCUT2D eigenvalue weighted by molar-refractivity contribution is 6.18. The minimum absolute atomic E-state index is 0.137. The number of nitrogen functional groups attached to an aromatic ring is 1. The Morgan fingerprint density at radius 1 is 1.54 bits per heavy atom. The second-order valence-corrected chi connectivity index (χ2v) is 3.04. The first-order valence-corrected chi connectivity index (χ1v) is 4.36. The van der Waals surface area contributed by atoms with E-state index in [2.05, 4.69) is 0 Å². The van der Waals surface area contributed by atoms with Crippen LogP contribution in [-0.4, -0.2) is 17.0 Å². The van der Waals surface area contributed by atoms with Crippen molar-refractivity contribution in [1.82, 2.24) is 0 Å². The van der Waals surface area contributed by atoms with Crippen LogP contribution in [0.25, 0.3) is 0 Å². The molecule has 0 saturated heterocycles. The molecule has 1 aromatic rings. The lowest BCUT2D eigenvalue weighted by atomic mass is 10.1. The van der Waals surface area contributed by atoms with E-state index in [0.29, 0.717) is 12.3 Å². The number of alkyl halides is 1. The predicted octanol–water partition coefficient (Wildman–Crippen LogP) is 1.75. The van der Waals surface area contributed by atoms with Crippen LogP contribution in [0, 0.1) is 0 Å². The standard InChI is InChI=1S/C9H10ClNO2/c10-4-3-6-1-2-7(9(12)13)8(11)5-6/h1-2,5H,3-4,11H2,(H,12,13). The van der Waals surface area contributed by atoms with Gasteiger partial charge in [0.15, 0.2) is 0 Å². The molecule has 0 spiro atoms. The van der Waals surface area contributed by atoms with E-state index in [0.717, 1.165) is 5.56 Å². The third-order valence-corrected chi connectivity index (χ3v) is 1.92. The molecule has 0 saturated carbocycles. The van der Waals surface area contributed by atoms with E-state index in [1.54, 1.807) is 12.1 Å². The Kier molecular flexibility index (Phi) is 3.14. The van der Waals surface area contributed by atoms with E-state index < -0.39 is 5.97 Å². The van der Waals surface area contributed by atoms with Crippen molar-refractivity contribution in [2.24, 2.45) is 0 Å². The van der Waals surface area contributed by atoms with Gasteiger partial charge >= 0.3 is 5.97 Å². The Morgan fingerprint density at radius 3 is 2.69 bits per heavy atom. The second-order valence-electron chi connectivity index (χ2n) is 2.67. The van der Waals surface area contributed by atoms with Gasteiger partial charge in [0, 0.05) is 11.6 Å². The minimum atomic E-state index is -1.00. The third-order valence-electron chi connectivity index (χ3n) is 1.73. The monoisotopic (exact) mass is 199 g/mol. The summed E-state index contributed by atoms with van der Waals surface area (Å²) in [5, 5.41) is 8.68. The zero-order valence-electron chi connectivity index (χ0n) is 6.96. The van der Waals surface area contributed by atoms with Crippen LogP contribution < -0.4 is 5.73 Å². The Labute approximate surface area is 81.1 Å². The lowest BCUT2D eigenvalue weighted by Crippen LogP contribution is -2.03. The molecule has 0 aliphatic heterocycles. The van der Waals surface area contributed by atoms with Gasteiger partial charge in [-0.05, 0) is 24.1 Å². The number of benzene rings is 1. The molecule has 0 bridgehead atoms. The lowest BCUT2D eigenvalue weighted by Gasteiger charge is -2.03. The van der Waals surface area contributed by atoms with Crippen molar-refractivity contribution in [2.75, 3.05) is 11.6 Å². The van der Waals surface area contributed by atoms with Crippen molar-refractivity contribution in [3.05, 3.63) is 29.3 Å². The first kappa shape index (κ1) is 9.86. The summed E-state index contributed by atoms with van der Waals surface area (Å²) in [7, 11) is 0. The maximum Gasteiger partial charge on any atom is 0.337 e. The van der Waals surface area contributed by atoms with Gasteiger partial charge in [-0.1, -0.05) is 6.07 Å². The van der Waals surface area contributed by atoms with E-state index >= 15 is 0 Å². The van der Waals surface area contributed by atoms with Crippen LogP contribution in [0.1, 0.15) is 15.9 Å². The number of anilines is 1. The summed E-state index contributed by atoms with van der Waals surface area (Å²) in [5.41, 5.74) is 6.91. The number of aromatic carboxylic acids is 1. The van der Waals surface area contributed by atoms with Crippen molar-refractivity contribution < 1.29 is 9.90 Å². The van der Waals surface area contributed by atoms with E-state index in [4.69, 9.17) is 22.4 Å². The smallest absolute Gasteiger partial charge is 0.337 e. The van der Waals surface area contributed by atoms with Gasteiger partial charge in [0.05, 0.1) is 5.56 Å². The maximum atomic E-state index is 10.6. The Balaban J connectivity index is 2.98. The summed E-state index contributed by atoms with van der Waals surface area (Å²) in [5.74, 6) is -0.499. The number of carboxylic acid groups (broad SMARTS) is 1. The molecule has 0 aliphatic carbocycles. The van der Waals surface area contributed by atoms with Gasteiger partial charge < -0.3 is 10.8 Å². The molecule has 0 atom stereocenters. The SMILES string of the molecule is Nc1cc(CCCl)ccc1C(=O)O. The Hall–Kier alpha value is -1.22. The molecule has 3 nitrogen and oxygen atoms in total. The van der Waals surface area contributed by atoms with Gasteiger partial charge in [-0.3, -0.25) is 0 Å². The fourth-order valence-electron chi connectivity index (χ4n) is 1.07. The van der Waals surface area contributed by atoms with Crippen LogP contribution >= 0.6 is 11.6 Å². The molecule has 0 radical (unpaired) electrons. The van der Waals surface area contributed by atoms with Crippen LogP contribution in [0.4, 0.5) is 5.69 Å². The first-order valence-electron chi connectivity index (χ1n) is 3.83. The molecule has 0 heterocycles. The minimum Gasteiger partial charge on any atom is -0.478 e. The highest BCUT2D eigenvalue weighted by Crippen LogP contribution is 2.14. The average Bonchev–Trinajstić information content (AvgIpc) is 2.04. The summed E-state index contributed by atoms with van der Waals surface area (Å²) in [6, 6.07) is 4.87. The molecule has 0 fully saturated rings. The van der Waals surface area contributed by atoms with Crippen molar-refractivity contribution in [3.8, 4) is 0 Å². The van der Waals surface area contributed by atoms with Crippen molar-refractivity contribution in [3.63, 3.8) is 0 Å². The zero-order chi connectivity index (χ0) is 9.84. The summed E-state index contributed by atoms with van der Waals surface area (Å²) in [6.07, 6.45) is 0.700. The largest absolute Gasteiger partial charge is 0.478 e. The summed E-state index contributed by atoms with van der Waals surface area (Å²) in [6.45, 7) is 0. The number of carboxylic acids is 1. The third kappa shape index (κ3) is 2.36. The molecule has 13 heavy (non-hydrogen) atoms. The van der Waals surface area contributed by atoms with Crippen molar-refractivity contribution in [2.45, 2.75) is 6.42 Å². The molecule has 0 aromatic heterocycles. The molecule has 0 unspecified atom stereocenters. The molecule has 4 heteroatoms. The predicted molar refractivity (Wildman–Crippen MR) is 52.2 cm³/mol. The highest BCUT2D eigenvalue weighted by atomic mass is 35.5. The normalized spacial score (nSPS) is 9.92. The number of rotatable bonds is 3. The van der Waals surface area contributed by atoms with Gasteiger partial charge in [-0.25, -0.2) is 4.79 Å². The number of nitrogens with two attached hydrogens (primary N) is 1. The van der Waals surface area contributed by atoms with Crippen LogP contribution in [0.3, 0.4) is 0 Å². The number of aryl methyl sites for hydroxylation is 1. The fraction of sp³-hybridized carbons (Fsp3) is 0.222. The molecule has 0 amide bonds. The quantitative estimate of drug-likeness (QED) is 0.576. The molecule has 1 aromatic carbocycles. The van der Waals surface area contributed by atoms with Crippen LogP contribution in [0.15, 0.2) is 18.2 Å².